The molecule has 5 atom stereocenters. The summed E-state index contributed by atoms with van der Waals surface area (Å²) < 4.78 is 0. The third-order valence-electron chi connectivity index (χ3n) is 6.92. The lowest BCUT2D eigenvalue weighted by Gasteiger charge is -2.51. The zero-order valence-electron chi connectivity index (χ0n) is 17.8. The minimum absolute atomic E-state index is 0.165. The van der Waals surface area contributed by atoms with E-state index in [0.29, 0.717) is 35.6 Å². The van der Waals surface area contributed by atoms with Crippen LogP contribution in [0, 0.1) is 29.6 Å². The number of amides is 1. The topological polar surface area (TPSA) is 44.7 Å². The molecule has 0 aromatic heterocycles. The van der Waals surface area contributed by atoms with E-state index in [4.69, 9.17) is 4.99 Å². The van der Waals surface area contributed by atoms with E-state index in [2.05, 4.69) is 74.5 Å². The number of hydrogen-bond acceptors (Lipinski definition) is 3. The van der Waals surface area contributed by atoms with Gasteiger partial charge in [0.25, 0.3) is 0 Å². The molecule has 0 radical (unpaired) electrons. The Bertz CT molecular complexity index is 729. The van der Waals surface area contributed by atoms with Gasteiger partial charge in [-0.2, -0.15) is 0 Å². The van der Waals surface area contributed by atoms with Gasteiger partial charge in [0.05, 0.1) is 0 Å². The molecule has 0 spiro atoms. The lowest BCUT2D eigenvalue weighted by Crippen LogP contribution is -2.63. The molecule has 1 N–H and O–H groups in total. The number of benzene rings is 1. The highest BCUT2D eigenvalue weighted by Crippen LogP contribution is 2.54. The molecule has 1 saturated carbocycles. The molecule has 2 fully saturated rings. The summed E-state index contributed by atoms with van der Waals surface area (Å²) in [6, 6.07) is 11.2. The molecule has 4 bridgehead atoms. The van der Waals surface area contributed by atoms with Crippen molar-refractivity contribution in [3.8, 4) is 0 Å². The molecule has 0 unspecified atom stereocenters. The number of nitrogens with zero attached hydrogens (tertiary/aromatic N) is 2. The molecule has 1 saturated heterocycles. The van der Waals surface area contributed by atoms with E-state index in [1.807, 2.05) is 0 Å². The van der Waals surface area contributed by atoms with Gasteiger partial charge in [-0.15, -0.1) is 0 Å². The number of likely N-dealkylation sites (tertiary alicyclic amines) is 1. The van der Waals surface area contributed by atoms with Crippen molar-refractivity contribution < 1.29 is 4.79 Å². The van der Waals surface area contributed by atoms with Gasteiger partial charge in [-0.25, -0.2) is 0 Å². The fourth-order valence-corrected chi connectivity index (χ4v) is 5.80. The smallest absolute Gasteiger partial charge is 0.248 e. The Hall–Kier alpha value is -1.68. The summed E-state index contributed by atoms with van der Waals surface area (Å²) in [5.41, 5.74) is 0.804. The molecule has 4 heteroatoms. The van der Waals surface area contributed by atoms with Gasteiger partial charge in [-0.3, -0.25) is 14.7 Å². The molecular weight excluding hydrogens is 346 g/mol. The van der Waals surface area contributed by atoms with Gasteiger partial charge in [0, 0.05) is 43.7 Å². The zero-order valence-corrected chi connectivity index (χ0v) is 17.8. The van der Waals surface area contributed by atoms with E-state index in [-0.39, 0.29) is 5.91 Å². The molecule has 3 aliphatic heterocycles. The Morgan fingerprint density at radius 2 is 1.96 bits per heavy atom. The summed E-state index contributed by atoms with van der Waals surface area (Å²) in [4.78, 5) is 21.0. The fraction of sp³-hybridized carbons (Fsp3) is 0.667. The number of nitrogens with one attached hydrogen (secondary N) is 1. The molecule has 1 aromatic rings. The van der Waals surface area contributed by atoms with Crippen molar-refractivity contribution in [2.75, 3.05) is 13.1 Å². The van der Waals surface area contributed by atoms with Crippen LogP contribution in [-0.2, 0) is 11.3 Å². The van der Waals surface area contributed by atoms with E-state index in [1.165, 1.54) is 5.56 Å². The van der Waals surface area contributed by atoms with Crippen molar-refractivity contribution in [1.29, 1.82) is 0 Å². The lowest BCUT2D eigenvalue weighted by molar-refractivity contribution is -0.132. The van der Waals surface area contributed by atoms with Crippen LogP contribution in [0.2, 0.25) is 0 Å². The molecule has 152 valence electrons. The summed E-state index contributed by atoms with van der Waals surface area (Å²) in [5.74, 6) is 2.55. The van der Waals surface area contributed by atoms with Gasteiger partial charge in [0.15, 0.2) is 0 Å². The van der Waals surface area contributed by atoms with Crippen LogP contribution in [0.15, 0.2) is 35.3 Å². The van der Waals surface area contributed by atoms with Gasteiger partial charge in [-0.05, 0) is 36.2 Å². The Labute approximate surface area is 169 Å². The van der Waals surface area contributed by atoms with Crippen LogP contribution in [0.3, 0.4) is 0 Å². The van der Waals surface area contributed by atoms with E-state index in [9.17, 15) is 4.79 Å². The standard InChI is InChI=1S/C24H35N3O/c1-16(2)10-21-22-20-13-26-24(21,23(28)25-12-17(3)4)11-19(20)15-27(22)14-18-8-6-5-7-9-18/h5-9,13,16-17,19-22H,10-12,14-15H2,1-4H3,(H,25,28)/t19-,20-,21+,22-,24+/m1/s1. The van der Waals surface area contributed by atoms with E-state index >= 15 is 0 Å². The van der Waals surface area contributed by atoms with Crippen LogP contribution in [0.25, 0.3) is 0 Å². The summed E-state index contributed by atoms with van der Waals surface area (Å²) in [5, 5.41) is 3.23. The van der Waals surface area contributed by atoms with Crippen LogP contribution in [0.5, 0.6) is 0 Å². The second kappa shape index (κ2) is 7.62. The molecule has 4 nitrogen and oxygen atoms in total. The molecule has 3 heterocycles. The van der Waals surface area contributed by atoms with Crippen LogP contribution in [0.4, 0.5) is 0 Å². The molecule has 1 aromatic carbocycles. The maximum absolute atomic E-state index is 13.4. The third kappa shape index (κ3) is 3.41. The van der Waals surface area contributed by atoms with E-state index < -0.39 is 5.54 Å². The highest BCUT2D eigenvalue weighted by Gasteiger charge is 2.63. The normalized spacial score (nSPS) is 33.8. The molecule has 5 rings (SSSR count). The van der Waals surface area contributed by atoms with Crippen LogP contribution in [-0.4, -0.2) is 41.7 Å². The summed E-state index contributed by atoms with van der Waals surface area (Å²) in [6.45, 7) is 11.6. The zero-order chi connectivity index (χ0) is 19.9. The first-order valence-electron chi connectivity index (χ1n) is 11.0. The Balaban J connectivity index is 1.63. The van der Waals surface area contributed by atoms with Crippen LogP contribution < -0.4 is 5.32 Å². The van der Waals surface area contributed by atoms with Gasteiger partial charge in [0.2, 0.25) is 5.91 Å². The van der Waals surface area contributed by atoms with Crippen molar-refractivity contribution in [3.05, 3.63) is 35.9 Å². The number of carbonyl (C=O) groups excluding carboxylic acids is 1. The van der Waals surface area contributed by atoms with Gasteiger partial charge in [-0.1, -0.05) is 58.0 Å². The third-order valence-corrected chi connectivity index (χ3v) is 6.92. The molecular formula is C24H35N3O. The Morgan fingerprint density at radius 1 is 1.21 bits per heavy atom. The maximum Gasteiger partial charge on any atom is 0.248 e. The first-order chi connectivity index (χ1) is 13.4. The second-order valence-corrected chi connectivity index (χ2v) is 9.99. The maximum atomic E-state index is 13.4. The average Bonchev–Trinajstić information content (AvgIpc) is 2.96. The van der Waals surface area contributed by atoms with Crippen molar-refractivity contribution in [2.24, 2.45) is 34.6 Å². The predicted molar refractivity (Wildman–Crippen MR) is 114 cm³/mol. The van der Waals surface area contributed by atoms with E-state index in [1.54, 1.807) is 0 Å². The minimum atomic E-state index is -0.561. The first kappa shape index (κ1) is 19.6. The van der Waals surface area contributed by atoms with Crippen LogP contribution in [0.1, 0.15) is 46.1 Å². The summed E-state index contributed by atoms with van der Waals surface area (Å²) in [7, 11) is 0. The van der Waals surface area contributed by atoms with Crippen molar-refractivity contribution in [2.45, 2.75) is 58.7 Å². The lowest BCUT2D eigenvalue weighted by atomic mass is 9.59. The molecule has 1 amide bonds. The first-order valence-corrected chi connectivity index (χ1v) is 11.0. The second-order valence-electron chi connectivity index (χ2n) is 9.99. The SMILES string of the molecule is CC(C)CNC(=O)[C@@]12C[C@@H]3CN(Cc4ccccc4)[C@H]([C@@H]3C=N1)[C@@H]2CC(C)C. The minimum Gasteiger partial charge on any atom is -0.354 e. The Morgan fingerprint density at radius 3 is 2.64 bits per heavy atom. The Kier molecular flexibility index (Phi) is 5.34. The quantitative estimate of drug-likeness (QED) is 0.781. The predicted octanol–water partition coefficient (Wildman–Crippen LogP) is 3.76. The summed E-state index contributed by atoms with van der Waals surface area (Å²) >= 11 is 0. The number of hydrogen-bond donors (Lipinski definition) is 1. The average molecular weight is 382 g/mol. The molecule has 4 aliphatic rings. The van der Waals surface area contributed by atoms with Crippen molar-refractivity contribution >= 4 is 12.1 Å². The van der Waals surface area contributed by atoms with Crippen LogP contribution >= 0.6 is 0 Å². The largest absolute Gasteiger partial charge is 0.354 e. The number of aliphatic imine (C=N–C) groups is 1. The molecule has 1 aliphatic carbocycles. The van der Waals surface area contributed by atoms with Crippen molar-refractivity contribution in [3.63, 3.8) is 0 Å². The highest BCUT2D eigenvalue weighted by molar-refractivity contribution is 5.91. The highest BCUT2D eigenvalue weighted by atomic mass is 16.2. The summed E-state index contributed by atoms with van der Waals surface area (Å²) in [6.07, 6.45) is 4.12. The van der Waals surface area contributed by atoms with Gasteiger partial charge in [0.1, 0.15) is 5.54 Å². The fourth-order valence-electron chi connectivity index (χ4n) is 5.80. The van der Waals surface area contributed by atoms with Gasteiger partial charge >= 0.3 is 0 Å². The monoisotopic (exact) mass is 381 g/mol. The van der Waals surface area contributed by atoms with E-state index in [0.717, 1.165) is 32.5 Å². The van der Waals surface area contributed by atoms with Crippen molar-refractivity contribution in [1.82, 2.24) is 10.2 Å². The number of carbonyl (C=O) groups is 1. The number of rotatable bonds is 7. The van der Waals surface area contributed by atoms with Gasteiger partial charge < -0.3 is 5.32 Å². The molecule has 28 heavy (non-hydrogen) atoms.